The van der Waals surface area contributed by atoms with E-state index in [4.69, 9.17) is 4.74 Å². The van der Waals surface area contributed by atoms with Gasteiger partial charge in [0, 0.05) is 10.3 Å². The summed E-state index contributed by atoms with van der Waals surface area (Å²) in [6.45, 7) is 5.51. The maximum Gasteiger partial charge on any atom is 0.348 e. The van der Waals surface area contributed by atoms with Crippen LogP contribution in [0.4, 0.5) is 0 Å². The summed E-state index contributed by atoms with van der Waals surface area (Å²) >= 11 is 1.30. The fourth-order valence-electron chi connectivity index (χ4n) is 2.30. The predicted octanol–water partition coefficient (Wildman–Crippen LogP) is 3.94. The molecule has 0 bridgehead atoms. The first-order valence-electron chi connectivity index (χ1n) is 6.96. The number of Topliss-reactive ketones (excluding diaryl/α,β-unsaturated/α-hetero) is 1. The van der Waals surface area contributed by atoms with Crippen molar-refractivity contribution in [2.24, 2.45) is 0 Å². The molecule has 0 atom stereocenters. The van der Waals surface area contributed by atoms with Crippen LogP contribution in [0.2, 0.25) is 0 Å². The zero-order valence-corrected chi connectivity index (χ0v) is 13.2. The first-order valence-corrected chi connectivity index (χ1v) is 7.77. The van der Waals surface area contributed by atoms with Gasteiger partial charge in [-0.05, 0) is 37.8 Å². The lowest BCUT2D eigenvalue weighted by Gasteiger charge is -2.08. The van der Waals surface area contributed by atoms with Gasteiger partial charge >= 0.3 is 5.97 Å². The Kier molecular flexibility index (Phi) is 4.63. The number of ether oxygens (including phenoxy) is 1. The molecule has 0 amide bonds. The SMILES string of the molecule is CCCc1c(O)c(C(C)=O)cc2cc(C(=O)OCC)sc12. The Morgan fingerprint density at radius 1 is 1.29 bits per heavy atom. The van der Waals surface area contributed by atoms with Crippen LogP contribution in [0.25, 0.3) is 10.1 Å². The molecule has 0 saturated heterocycles. The van der Waals surface area contributed by atoms with Crippen molar-refractivity contribution in [3.8, 4) is 5.75 Å². The number of ketones is 1. The van der Waals surface area contributed by atoms with Crippen molar-refractivity contribution in [2.45, 2.75) is 33.6 Å². The summed E-state index contributed by atoms with van der Waals surface area (Å²) in [6, 6.07) is 3.37. The van der Waals surface area contributed by atoms with Crippen molar-refractivity contribution in [2.75, 3.05) is 6.61 Å². The van der Waals surface area contributed by atoms with Crippen LogP contribution in [0.3, 0.4) is 0 Å². The predicted molar refractivity (Wildman–Crippen MR) is 83.4 cm³/mol. The number of fused-ring (bicyclic) bond motifs is 1. The van der Waals surface area contributed by atoms with Crippen LogP contribution in [0.15, 0.2) is 12.1 Å². The molecule has 1 aromatic heterocycles. The van der Waals surface area contributed by atoms with E-state index in [0.717, 1.165) is 22.1 Å². The van der Waals surface area contributed by atoms with Crippen LogP contribution in [-0.4, -0.2) is 23.5 Å². The fourth-order valence-corrected chi connectivity index (χ4v) is 3.40. The lowest BCUT2D eigenvalue weighted by molar-refractivity contribution is 0.0532. The van der Waals surface area contributed by atoms with E-state index in [0.29, 0.717) is 23.5 Å². The number of rotatable bonds is 5. The summed E-state index contributed by atoms with van der Waals surface area (Å²) in [6.07, 6.45) is 1.50. The van der Waals surface area contributed by atoms with Crippen molar-refractivity contribution >= 4 is 33.2 Å². The number of phenols is 1. The molecule has 0 radical (unpaired) electrons. The monoisotopic (exact) mass is 306 g/mol. The van der Waals surface area contributed by atoms with Crippen molar-refractivity contribution in [3.63, 3.8) is 0 Å². The van der Waals surface area contributed by atoms with Crippen LogP contribution < -0.4 is 0 Å². The normalized spacial score (nSPS) is 10.8. The highest BCUT2D eigenvalue weighted by atomic mass is 32.1. The second-order valence-corrected chi connectivity index (χ2v) is 5.86. The zero-order chi connectivity index (χ0) is 15.6. The van der Waals surface area contributed by atoms with Gasteiger partial charge in [0.2, 0.25) is 0 Å². The average molecular weight is 306 g/mol. The lowest BCUT2D eigenvalue weighted by Crippen LogP contribution is -2.01. The highest BCUT2D eigenvalue weighted by Gasteiger charge is 2.19. The molecule has 0 unspecified atom stereocenters. The van der Waals surface area contributed by atoms with Gasteiger partial charge in [-0.2, -0.15) is 0 Å². The van der Waals surface area contributed by atoms with E-state index in [1.54, 1.807) is 19.1 Å². The smallest absolute Gasteiger partial charge is 0.348 e. The topological polar surface area (TPSA) is 63.6 Å². The number of phenolic OH excluding ortho intramolecular Hbond substituents is 1. The third-order valence-corrected chi connectivity index (χ3v) is 4.42. The van der Waals surface area contributed by atoms with E-state index < -0.39 is 0 Å². The number of hydrogen-bond acceptors (Lipinski definition) is 5. The van der Waals surface area contributed by atoms with Gasteiger partial charge in [-0.15, -0.1) is 11.3 Å². The Morgan fingerprint density at radius 3 is 2.57 bits per heavy atom. The van der Waals surface area contributed by atoms with E-state index in [9.17, 15) is 14.7 Å². The van der Waals surface area contributed by atoms with Gasteiger partial charge < -0.3 is 9.84 Å². The maximum atomic E-state index is 11.8. The molecule has 0 saturated carbocycles. The third kappa shape index (κ3) is 2.93. The molecule has 0 aliphatic rings. The van der Waals surface area contributed by atoms with Gasteiger partial charge in [0.15, 0.2) is 5.78 Å². The van der Waals surface area contributed by atoms with Gasteiger partial charge in [-0.3, -0.25) is 4.79 Å². The molecule has 5 heteroatoms. The Hall–Kier alpha value is -1.88. The number of aryl methyl sites for hydroxylation is 1. The summed E-state index contributed by atoms with van der Waals surface area (Å²) < 4.78 is 5.86. The molecule has 21 heavy (non-hydrogen) atoms. The van der Waals surface area contributed by atoms with Crippen LogP contribution in [0, 0.1) is 0 Å². The first-order chi connectivity index (χ1) is 9.99. The molecular formula is C16H18O4S. The highest BCUT2D eigenvalue weighted by Crippen LogP contribution is 2.37. The Labute approximate surface area is 127 Å². The van der Waals surface area contributed by atoms with Crippen LogP contribution in [-0.2, 0) is 11.2 Å². The fraction of sp³-hybridized carbons (Fsp3) is 0.375. The number of benzene rings is 1. The Balaban J connectivity index is 2.66. The molecule has 2 rings (SSSR count). The number of thiophene rings is 1. The molecule has 0 aliphatic carbocycles. The molecular weight excluding hydrogens is 288 g/mol. The van der Waals surface area contributed by atoms with Gasteiger partial charge in [0.1, 0.15) is 10.6 Å². The quantitative estimate of drug-likeness (QED) is 0.671. The van der Waals surface area contributed by atoms with Crippen LogP contribution in [0.5, 0.6) is 5.75 Å². The van der Waals surface area contributed by atoms with E-state index in [1.807, 2.05) is 6.92 Å². The van der Waals surface area contributed by atoms with Crippen LogP contribution >= 0.6 is 11.3 Å². The lowest BCUT2D eigenvalue weighted by atomic mass is 10.00. The van der Waals surface area contributed by atoms with E-state index in [1.165, 1.54) is 18.3 Å². The second-order valence-electron chi connectivity index (χ2n) is 4.81. The molecule has 0 aliphatic heterocycles. The number of hydrogen-bond donors (Lipinski definition) is 1. The summed E-state index contributed by atoms with van der Waals surface area (Å²) in [5, 5.41) is 11.1. The second kappa shape index (κ2) is 6.26. The molecule has 4 nitrogen and oxygen atoms in total. The number of aromatic hydroxyl groups is 1. The van der Waals surface area contributed by atoms with Crippen LogP contribution in [0.1, 0.15) is 52.8 Å². The Bertz CT molecular complexity index is 700. The summed E-state index contributed by atoms with van der Waals surface area (Å²) in [7, 11) is 0. The van der Waals surface area contributed by atoms with Gasteiger partial charge in [0.25, 0.3) is 0 Å². The minimum Gasteiger partial charge on any atom is -0.507 e. The first kappa shape index (κ1) is 15.5. The molecule has 0 fully saturated rings. The molecule has 1 N–H and O–H groups in total. The minimum atomic E-state index is -0.370. The van der Waals surface area contributed by atoms with Gasteiger partial charge in [-0.1, -0.05) is 13.3 Å². The Morgan fingerprint density at radius 2 is 2.00 bits per heavy atom. The molecule has 0 spiro atoms. The molecule has 112 valence electrons. The molecule has 1 heterocycles. The van der Waals surface area contributed by atoms with Gasteiger partial charge in [-0.25, -0.2) is 4.79 Å². The van der Waals surface area contributed by atoms with Crippen molar-refractivity contribution < 1.29 is 19.4 Å². The minimum absolute atomic E-state index is 0.0362. The van der Waals surface area contributed by atoms with E-state index in [-0.39, 0.29) is 17.5 Å². The van der Waals surface area contributed by atoms with Gasteiger partial charge in [0.05, 0.1) is 12.2 Å². The molecule has 1 aromatic carbocycles. The van der Waals surface area contributed by atoms with E-state index >= 15 is 0 Å². The van der Waals surface area contributed by atoms with Crippen molar-refractivity contribution in [1.29, 1.82) is 0 Å². The molecule has 2 aromatic rings. The average Bonchev–Trinajstić information content (AvgIpc) is 2.85. The van der Waals surface area contributed by atoms with Crippen molar-refractivity contribution in [1.82, 2.24) is 0 Å². The number of carbonyl (C=O) groups excluding carboxylic acids is 2. The maximum absolute atomic E-state index is 11.8. The summed E-state index contributed by atoms with van der Waals surface area (Å²) in [4.78, 5) is 24.0. The van der Waals surface area contributed by atoms with E-state index in [2.05, 4.69) is 0 Å². The third-order valence-electron chi connectivity index (χ3n) is 3.23. The van der Waals surface area contributed by atoms with Crippen molar-refractivity contribution in [3.05, 3.63) is 28.1 Å². The number of esters is 1. The number of carbonyl (C=O) groups is 2. The summed E-state index contributed by atoms with van der Waals surface area (Å²) in [5.41, 5.74) is 1.04. The highest BCUT2D eigenvalue weighted by molar-refractivity contribution is 7.21. The largest absolute Gasteiger partial charge is 0.507 e. The zero-order valence-electron chi connectivity index (χ0n) is 12.4. The summed E-state index contributed by atoms with van der Waals surface area (Å²) in [5.74, 6) is -0.519. The standard InChI is InChI=1S/C16H18O4S/c1-4-6-11-14(18)12(9(3)17)7-10-8-13(21-15(10)11)16(19)20-5-2/h7-8,18H,4-6H2,1-3H3.